The quantitative estimate of drug-likeness (QED) is 0.853. The Balaban J connectivity index is 2.19. The van der Waals surface area contributed by atoms with Crippen molar-refractivity contribution in [2.75, 3.05) is 5.73 Å². The van der Waals surface area contributed by atoms with E-state index in [1.54, 1.807) is 24.3 Å². The van der Waals surface area contributed by atoms with Crippen LogP contribution in [-0.4, -0.2) is 0 Å². The van der Waals surface area contributed by atoms with E-state index < -0.39 is 0 Å². The van der Waals surface area contributed by atoms with Gasteiger partial charge in [0, 0.05) is 17.3 Å². The van der Waals surface area contributed by atoms with Gasteiger partial charge >= 0.3 is 0 Å². The van der Waals surface area contributed by atoms with Gasteiger partial charge in [-0.1, -0.05) is 23.7 Å². The fourth-order valence-corrected chi connectivity index (χ4v) is 1.81. The van der Waals surface area contributed by atoms with Gasteiger partial charge in [0.1, 0.15) is 18.2 Å². The van der Waals surface area contributed by atoms with Crippen LogP contribution in [0.5, 0.6) is 5.75 Å². The van der Waals surface area contributed by atoms with E-state index in [0.29, 0.717) is 22.0 Å². The number of hydrogen-bond acceptors (Lipinski definition) is 2. The van der Waals surface area contributed by atoms with Gasteiger partial charge in [-0.05, 0) is 30.7 Å². The molecule has 0 unspecified atom stereocenters. The van der Waals surface area contributed by atoms with Crippen molar-refractivity contribution in [3.05, 3.63) is 58.4 Å². The molecular formula is C14H13ClFNO. The number of nitrogen functional groups attached to an aromatic ring is 1. The van der Waals surface area contributed by atoms with Gasteiger partial charge in [-0.3, -0.25) is 0 Å². The first kappa shape index (κ1) is 12.7. The van der Waals surface area contributed by atoms with Crippen molar-refractivity contribution in [2.45, 2.75) is 13.5 Å². The van der Waals surface area contributed by atoms with Gasteiger partial charge in [-0.2, -0.15) is 0 Å². The Hall–Kier alpha value is -1.74. The average molecular weight is 266 g/mol. The zero-order valence-electron chi connectivity index (χ0n) is 9.91. The van der Waals surface area contributed by atoms with Crippen molar-refractivity contribution < 1.29 is 9.13 Å². The number of halogens is 2. The van der Waals surface area contributed by atoms with Crippen molar-refractivity contribution in [1.82, 2.24) is 0 Å². The summed E-state index contributed by atoms with van der Waals surface area (Å²) in [6.07, 6.45) is 0. The van der Waals surface area contributed by atoms with E-state index in [0.717, 1.165) is 5.56 Å². The zero-order chi connectivity index (χ0) is 13.1. The third-order valence-corrected chi connectivity index (χ3v) is 3.00. The SMILES string of the molecule is Cc1ccc(N)cc1OCc1c(F)cccc1Cl. The van der Waals surface area contributed by atoms with Gasteiger partial charge in [0.2, 0.25) is 0 Å². The maximum atomic E-state index is 13.5. The molecule has 0 amide bonds. The van der Waals surface area contributed by atoms with Gasteiger partial charge < -0.3 is 10.5 Å². The first-order chi connectivity index (χ1) is 8.58. The highest BCUT2D eigenvalue weighted by Crippen LogP contribution is 2.24. The van der Waals surface area contributed by atoms with Gasteiger partial charge in [-0.15, -0.1) is 0 Å². The molecule has 0 aliphatic rings. The highest BCUT2D eigenvalue weighted by molar-refractivity contribution is 6.31. The second-order valence-electron chi connectivity index (χ2n) is 4.01. The predicted molar refractivity (Wildman–Crippen MR) is 71.3 cm³/mol. The third kappa shape index (κ3) is 2.74. The second-order valence-corrected chi connectivity index (χ2v) is 4.42. The molecule has 2 aromatic rings. The number of hydrogen-bond donors (Lipinski definition) is 1. The lowest BCUT2D eigenvalue weighted by atomic mass is 10.2. The van der Waals surface area contributed by atoms with E-state index >= 15 is 0 Å². The van der Waals surface area contributed by atoms with Crippen molar-refractivity contribution in [2.24, 2.45) is 0 Å². The fraction of sp³-hybridized carbons (Fsp3) is 0.143. The molecule has 0 aliphatic heterocycles. The van der Waals surface area contributed by atoms with Gasteiger partial charge in [-0.25, -0.2) is 4.39 Å². The van der Waals surface area contributed by atoms with Gasteiger partial charge in [0.05, 0.1) is 5.02 Å². The molecule has 2 rings (SSSR count). The molecule has 0 bridgehead atoms. The Morgan fingerprint density at radius 3 is 2.78 bits per heavy atom. The Morgan fingerprint density at radius 1 is 1.28 bits per heavy atom. The summed E-state index contributed by atoms with van der Waals surface area (Å²) < 4.78 is 19.1. The van der Waals surface area contributed by atoms with Crippen molar-refractivity contribution >= 4 is 17.3 Å². The second kappa shape index (κ2) is 5.27. The Morgan fingerprint density at radius 2 is 2.06 bits per heavy atom. The summed E-state index contributed by atoms with van der Waals surface area (Å²) in [6, 6.07) is 9.91. The summed E-state index contributed by atoms with van der Waals surface area (Å²) in [5.41, 5.74) is 7.57. The number of benzene rings is 2. The van der Waals surface area contributed by atoms with Crippen LogP contribution in [0.15, 0.2) is 36.4 Å². The molecule has 0 saturated carbocycles. The molecule has 0 saturated heterocycles. The largest absolute Gasteiger partial charge is 0.488 e. The molecule has 0 atom stereocenters. The van der Waals surface area contributed by atoms with Crippen molar-refractivity contribution in [3.8, 4) is 5.75 Å². The summed E-state index contributed by atoms with van der Waals surface area (Å²) in [4.78, 5) is 0. The van der Waals surface area contributed by atoms with E-state index in [9.17, 15) is 4.39 Å². The molecule has 94 valence electrons. The van der Waals surface area contributed by atoms with E-state index in [1.165, 1.54) is 6.07 Å². The third-order valence-electron chi connectivity index (χ3n) is 2.65. The fourth-order valence-electron chi connectivity index (χ4n) is 1.59. The minimum absolute atomic E-state index is 0.0792. The van der Waals surface area contributed by atoms with Crippen molar-refractivity contribution in [1.29, 1.82) is 0 Å². The molecular weight excluding hydrogens is 253 g/mol. The van der Waals surface area contributed by atoms with Crippen LogP contribution in [-0.2, 0) is 6.61 Å². The smallest absolute Gasteiger partial charge is 0.131 e. The lowest BCUT2D eigenvalue weighted by Gasteiger charge is -2.11. The van der Waals surface area contributed by atoms with Crippen LogP contribution in [0, 0.1) is 12.7 Å². The van der Waals surface area contributed by atoms with Gasteiger partial charge in [0.15, 0.2) is 0 Å². The zero-order valence-corrected chi connectivity index (χ0v) is 10.7. The number of nitrogens with two attached hydrogens (primary N) is 1. The van der Waals surface area contributed by atoms with Crippen LogP contribution in [0.1, 0.15) is 11.1 Å². The van der Waals surface area contributed by atoms with Crippen LogP contribution >= 0.6 is 11.6 Å². The highest BCUT2D eigenvalue weighted by Gasteiger charge is 2.08. The first-order valence-corrected chi connectivity index (χ1v) is 5.87. The normalized spacial score (nSPS) is 10.4. The molecule has 0 aliphatic carbocycles. The van der Waals surface area contributed by atoms with Crippen molar-refractivity contribution in [3.63, 3.8) is 0 Å². The molecule has 0 aromatic heterocycles. The molecule has 18 heavy (non-hydrogen) atoms. The molecule has 0 spiro atoms. The predicted octanol–water partition coefficient (Wildman–Crippen LogP) is 3.95. The summed E-state index contributed by atoms with van der Waals surface area (Å²) in [5.74, 6) is 0.262. The molecule has 4 heteroatoms. The molecule has 0 heterocycles. The molecule has 2 nitrogen and oxygen atoms in total. The average Bonchev–Trinajstić information content (AvgIpc) is 2.33. The van der Waals surface area contributed by atoms with E-state index in [1.807, 2.05) is 13.0 Å². The van der Waals surface area contributed by atoms with E-state index in [4.69, 9.17) is 22.1 Å². The summed E-state index contributed by atoms with van der Waals surface area (Å²) in [7, 11) is 0. The van der Waals surface area contributed by atoms with Gasteiger partial charge in [0.25, 0.3) is 0 Å². The lowest BCUT2D eigenvalue weighted by molar-refractivity contribution is 0.298. The Bertz CT molecular complexity index is 551. The van der Waals surface area contributed by atoms with Crippen LogP contribution in [0.25, 0.3) is 0 Å². The molecule has 0 radical (unpaired) electrons. The first-order valence-electron chi connectivity index (χ1n) is 5.50. The number of rotatable bonds is 3. The lowest BCUT2D eigenvalue weighted by Crippen LogP contribution is -2.01. The number of aryl methyl sites for hydroxylation is 1. The van der Waals surface area contributed by atoms with E-state index in [2.05, 4.69) is 0 Å². The van der Waals surface area contributed by atoms with Crippen LogP contribution in [0.4, 0.5) is 10.1 Å². The molecule has 2 N–H and O–H groups in total. The monoisotopic (exact) mass is 265 g/mol. The molecule has 2 aromatic carbocycles. The van der Waals surface area contributed by atoms with Crippen LogP contribution in [0.3, 0.4) is 0 Å². The highest BCUT2D eigenvalue weighted by atomic mass is 35.5. The van der Waals surface area contributed by atoms with Crippen LogP contribution < -0.4 is 10.5 Å². The standard InChI is InChI=1S/C14H13ClFNO/c1-9-5-6-10(17)7-14(9)18-8-11-12(15)3-2-4-13(11)16/h2-7H,8,17H2,1H3. The summed E-state index contributed by atoms with van der Waals surface area (Å²) in [5, 5.41) is 0.358. The minimum atomic E-state index is -0.371. The van der Waals surface area contributed by atoms with Crippen LogP contribution in [0.2, 0.25) is 5.02 Å². The summed E-state index contributed by atoms with van der Waals surface area (Å²) in [6.45, 7) is 1.98. The maximum absolute atomic E-state index is 13.5. The maximum Gasteiger partial charge on any atom is 0.131 e. The number of ether oxygens (including phenoxy) is 1. The minimum Gasteiger partial charge on any atom is -0.488 e. The molecule has 0 fully saturated rings. The summed E-state index contributed by atoms with van der Waals surface area (Å²) >= 11 is 5.92. The topological polar surface area (TPSA) is 35.2 Å². The number of anilines is 1. The van der Waals surface area contributed by atoms with E-state index in [-0.39, 0.29) is 12.4 Å². The Labute approximate surface area is 110 Å². The Kier molecular flexibility index (Phi) is 3.72.